The quantitative estimate of drug-likeness (QED) is 0.354. The minimum absolute atomic E-state index is 0.736. The van der Waals surface area contributed by atoms with Crippen molar-refractivity contribution in [1.29, 1.82) is 0 Å². The minimum Gasteiger partial charge on any atom is -0.493 e. The van der Waals surface area contributed by atoms with E-state index in [2.05, 4.69) is 48.7 Å². The zero-order valence-electron chi connectivity index (χ0n) is 15.0. The van der Waals surface area contributed by atoms with Crippen molar-refractivity contribution < 1.29 is 9.15 Å². The molecule has 0 aliphatic rings. The highest BCUT2D eigenvalue weighted by Crippen LogP contribution is 2.42. The van der Waals surface area contributed by atoms with Gasteiger partial charge in [-0.05, 0) is 25.1 Å². The smallest absolute Gasteiger partial charge is 0.177 e. The fourth-order valence-corrected chi connectivity index (χ4v) is 4.26. The van der Waals surface area contributed by atoms with E-state index in [9.17, 15) is 0 Å². The van der Waals surface area contributed by atoms with Gasteiger partial charge in [0.1, 0.15) is 10.6 Å². The molecule has 0 unspecified atom stereocenters. The molecule has 0 fully saturated rings. The van der Waals surface area contributed by atoms with Gasteiger partial charge in [-0.15, -0.1) is 11.3 Å². The number of aryl methyl sites for hydroxylation is 1. The van der Waals surface area contributed by atoms with Gasteiger partial charge >= 0.3 is 0 Å². The molecule has 0 atom stereocenters. The molecule has 5 rings (SSSR count). The zero-order chi connectivity index (χ0) is 18.4. The number of fused-ring (bicyclic) bond motifs is 3. The Bertz CT molecular complexity index is 1270. The molecule has 2 heterocycles. The Morgan fingerprint density at radius 3 is 2.59 bits per heavy atom. The Balaban J connectivity index is 1.73. The zero-order valence-corrected chi connectivity index (χ0v) is 15.8. The van der Waals surface area contributed by atoms with Crippen LogP contribution < -0.4 is 4.74 Å². The average molecular weight is 371 g/mol. The lowest BCUT2D eigenvalue weighted by Gasteiger charge is -2.04. The van der Waals surface area contributed by atoms with Gasteiger partial charge in [0.2, 0.25) is 0 Å². The molecule has 0 bridgehead atoms. The van der Waals surface area contributed by atoms with E-state index in [-0.39, 0.29) is 0 Å². The summed E-state index contributed by atoms with van der Waals surface area (Å²) in [6.45, 7) is 2.09. The number of hydrogen-bond acceptors (Lipinski definition) is 4. The number of rotatable bonds is 3. The first-order valence-corrected chi connectivity index (χ1v) is 9.64. The van der Waals surface area contributed by atoms with Crippen LogP contribution in [-0.4, -0.2) is 12.1 Å². The van der Waals surface area contributed by atoms with Gasteiger partial charge in [0, 0.05) is 27.3 Å². The van der Waals surface area contributed by atoms with Crippen molar-refractivity contribution in [3.05, 3.63) is 71.6 Å². The van der Waals surface area contributed by atoms with Crippen molar-refractivity contribution in [2.45, 2.75) is 6.92 Å². The molecule has 4 heteroatoms. The van der Waals surface area contributed by atoms with Gasteiger partial charge in [-0.1, -0.05) is 48.0 Å². The highest BCUT2D eigenvalue weighted by Gasteiger charge is 2.18. The molecule has 5 aromatic rings. The summed E-state index contributed by atoms with van der Waals surface area (Å²) in [5.74, 6) is 0.736. The number of hydrogen-bond donors (Lipinski definition) is 0. The molecule has 0 spiro atoms. The van der Waals surface area contributed by atoms with Gasteiger partial charge in [-0.2, -0.15) is 0 Å². The van der Waals surface area contributed by atoms with Gasteiger partial charge < -0.3 is 9.15 Å². The number of aromatic nitrogens is 1. The second-order valence-electron chi connectivity index (χ2n) is 6.52. The summed E-state index contributed by atoms with van der Waals surface area (Å²) in [6.07, 6.45) is 0. The van der Waals surface area contributed by atoms with Crippen molar-refractivity contribution in [3.8, 4) is 27.6 Å². The van der Waals surface area contributed by atoms with Crippen LogP contribution in [0.4, 0.5) is 0 Å². The van der Waals surface area contributed by atoms with Crippen LogP contribution in [0.3, 0.4) is 0 Å². The molecule has 0 aliphatic heterocycles. The summed E-state index contributed by atoms with van der Waals surface area (Å²) in [6, 6.07) is 20.6. The largest absolute Gasteiger partial charge is 0.493 e. The van der Waals surface area contributed by atoms with Crippen molar-refractivity contribution >= 4 is 33.3 Å². The number of methoxy groups -OCH3 is 1. The standard InChI is InChI=1S/C23H17NO2S/c1-14-7-9-15(10-8-14)18-13-27-23(24-18)17-11-12-20(25-2)22-21(17)16-5-3-4-6-19(16)26-22/h3-13H,1-2H3. The van der Waals surface area contributed by atoms with Gasteiger partial charge in [0.25, 0.3) is 0 Å². The Kier molecular flexibility index (Phi) is 3.73. The Hall–Kier alpha value is -3.11. The summed E-state index contributed by atoms with van der Waals surface area (Å²) in [4.78, 5) is 4.91. The SMILES string of the molecule is COc1ccc(-c2nc(-c3ccc(C)cc3)cs2)c2c1oc1ccccc12. The maximum absolute atomic E-state index is 6.09. The van der Waals surface area contributed by atoms with E-state index >= 15 is 0 Å². The summed E-state index contributed by atoms with van der Waals surface area (Å²) < 4.78 is 11.6. The van der Waals surface area contributed by atoms with Crippen LogP contribution in [0.25, 0.3) is 43.8 Å². The normalized spacial score (nSPS) is 11.3. The first kappa shape index (κ1) is 16.1. The summed E-state index contributed by atoms with van der Waals surface area (Å²) in [5.41, 5.74) is 6.06. The van der Waals surface area contributed by atoms with E-state index in [0.717, 1.165) is 49.5 Å². The topological polar surface area (TPSA) is 35.3 Å². The molecule has 27 heavy (non-hydrogen) atoms. The van der Waals surface area contributed by atoms with Crippen molar-refractivity contribution in [2.24, 2.45) is 0 Å². The van der Waals surface area contributed by atoms with Gasteiger partial charge in [0.15, 0.2) is 11.3 Å². The molecule has 0 radical (unpaired) electrons. The summed E-state index contributed by atoms with van der Waals surface area (Å²) >= 11 is 1.65. The van der Waals surface area contributed by atoms with Crippen LogP contribution in [0.1, 0.15) is 5.56 Å². The number of para-hydroxylation sites is 1. The molecular formula is C23H17NO2S. The summed E-state index contributed by atoms with van der Waals surface area (Å²) in [5, 5.41) is 5.21. The van der Waals surface area contributed by atoms with Gasteiger partial charge in [0.05, 0.1) is 12.8 Å². The van der Waals surface area contributed by atoms with E-state index in [4.69, 9.17) is 14.1 Å². The van der Waals surface area contributed by atoms with Crippen LogP contribution in [0.15, 0.2) is 70.5 Å². The predicted octanol–water partition coefficient (Wildman–Crippen LogP) is 6.69. The van der Waals surface area contributed by atoms with Crippen LogP contribution in [0, 0.1) is 6.92 Å². The predicted molar refractivity (Wildman–Crippen MR) is 112 cm³/mol. The van der Waals surface area contributed by atoms with Crippen LogP contribution >= 0.6 is 11.3 Å². The molecule has 3 aromatic carbocycles. The molecule has 0 saturated heterocycles. The Labute approximate surface area is 160 Å². The second-order valence-corrected chi connectivity index (χ2v) is 7.38. The van der Waals surface area contributed by atoms with Crippen molar-refractivity contribution in [3.63, 3.8) is 0 Å². The number of ether oxygens (including phenoxy) is 1. The summed E-state index contributed by atoms with van der Waals surface area (Å²) in [7, 11) is 1.67. The third-order valence-corrected chi connectivity index (χ3v) is 5.67. The maximum Gasteiger partial charge on any atom is 0.177 e. The van der Waals surface area contributed by atoms with Gasteiger partial charge in [-0.25, -0.2) is 4.98 Å². The first-order valence-electron chi connectivity index (χ1n) is 8.76. The fraction of sp³-hybridized carbons (Fsp3) is 0.0870. The monoisotopic (exact) mass is 371 g/mol. The molecule has 0 N–H and O–H groups in total. The fourth-order valence-electron chi connectivity index (χ4n) is 3.40. The van der Waals surface area contributed by atoms with E-state index in [1.54, 1.807) is 18.4 Å². The molecule has 3 nitrogen and oxygen atoms in total. The van der Waals surface area contributed by atoms with E-state index in [1.165, 1.54) is 5.56 Å². The van der Waals surface area contributed by atoms with Crippen LogP contribution in [0.5, 0.6) is 5.75 Å². The third kappa shape index (κ3) is 2.61. The highest BCUT2D eigenvalue weighted by molar-refractivity contribution is 7.13. The van der Waals surface area contributed by atoms with E-state index in [0.29, 0.717) is 0 Å². The minimum atomic E-state index is 0.736. The maximum atomic E-state index is 6.09. The van der Waals surface area contributed by atoms with Crippen LogP contribution in [-0.2, 0) is 0 Å². The lowest BCUT2D eigenvalue weighted by molar-refractivity contribution is 0.412. The molecule has 0 amide bonds. The number of nitrogens with zero attached hydrogens (tertiary/aromatic N) is 1. The first-order chi connectivity index (χ1) is 13.2. The number of benzene rings is 3. The number of thiazole rings is 1. The van der Waals surface area contributed by atoms with E-state index in [1.807, 2.05) is 24.3 Å². The molecule has 0 aliphatic carbocycles. The third-order valence-electron chi connectivity index (χ3n) is 4.79. The highest BCUT2D eigenvalue weighted by atomic mass is 32.1. The van der Waals surface area contributed by atoms with Gasteiger partial charge in [-0.3, -0.25) is 0 Å². The Morgan fingerprint density at radius 2 is 1.78 bits per heavy atom. The molecule has 132 valence electrons. The molecule has 0 saturated carbocycles. The van der Waals surface area contributed by atoms with E-state index < -0.39 is 0 Å². The number of furan rings is 1. The second kappa shape index (κ2) is 6.25. The molecule has 2 aromatic heterocycles. The average Bonchev–Trinajstić information content (AvgIpc) is 3.33. The lowest BCUT2D eigenvalue weighted by atomic mass is 10.1. The van der Waals surface area contributed by atoms with Crippen molar-refractivity contribution in [2.75, 3.05) is 7.11 Å². The lowest BCUT2D eigenvalue weighted by Crippen LogP contribution is -1.86. The molecular weight excluding hydrogens is 354 g/mol. The van der Waals surface area contributed by atoms with Crippen molar-refractivity contribution in [1.82, 2.24) is 4.98 Å². The van der Waals surface area contributed by atoms with Crippen LogP contribution in [0.2, 0.25) is 0 Å². The Morgan fingerprint density at radius 1 is 0.963 bits per heavy atom.